The summed E-state index contributed by atoms with van der Waals surface area (Å²) in [5, 5.41) is 3.26. The zero-order valence-electron chi connectivity index (χ0n) is 21.5. The molecule has 5 rings (SSSR count). The number of anilines is 2. The van der Waals surface area contributed by atoms with Crippen LogP contribution in [0.4, 0.5) is 11.6 Å². The fourth-order valence-corrected chi connectivity index (χ4v) is 5.64. The van der Waals surface area contributed by atoms with Crippen molar-refractivity contribution < 1.29 is 9.59 Å². The third-order valence-corrected chi connectivity index (χ3v) is 7.92. The highest BCUT2D eigenvalue weighted by Gasteiger charge is 2.35. The van der Waals surface area contributed by atoms with Gasteiger partial charge in [-0.1, -0.05) is 18.5 Å². The quantitative estimate of drug-likeness (QED) is 0.551. The van der Waals surface area contributed by atoms with Crippen LogP contribution in [0.15, 0.2) is 18.3 Å². The molecule has 1 atom stereocenters. The van der Waals surface area contributed by atoms with Gasteiger partial charge in [-0.05, 0) is 51.2 Å². The number of halogens is 1. The Morgan fingerprint density at radius 3 is 2.51 bits per heavy atom. The molecule has 2 amide bonds. The molecular formula is C26H35ClN8O2. The smallest absolute Gasteiger partial charge is 0.271 e. The fourth-order valence-electron chi connectivity index (χ4n) is 5.49. The van der Waals surface area contributed by atoms with Gasteiger partial charge >= 0.3 is 0 Å². The van der Waals surface area contributed by atoms with Gasteiger partial charge in [0.1, 0.15) is 22.5 Å². The zero-order valence-corrected chi connectivity index (χ0v) is 22.2. The number of nitrogens with zero attached hydrogens (tertiary/aromatic N) is 6. The summed E-state index contributed by atoms with van der Waals surface area (Å²) in [6.07, 6.45) is 6.56. The van der Waals surface area contributed by atoms with Crippen LogP contribution in [0.25, 0.3) is 0 Å². The van der Waals surface area contributed by atoms with Crippen molar-refractivity contribution in [3.05, 3.63) is 40.4 Å². The number of hydrogen-bond donors (Lipinski definition) is 2. The molecule has 0 radical (unpaired) electrons. The van der Waals surface area contributed by atoms with E-state index in [9.17, 15) is 9.59 Å². The Kier molecular flexibility index (Phi) is 7.48. The molecule has 1 aliphatic carbocycles. The maximum absolute atomic E-state index is 13.0. The van der Waals surface area contributed by atoms with Crippen molar-refractivity contribution in [3.63, 3.8) is 0 Å². The second-order valence-electron chi connectivity index (χ2n) is 10.2. The Balaban J connectivity index is 1.18. The summed E-state index contributed by atoms with van der Waals surface area (Å²) in [5.41, 5.74) is 7.52. The predicted octanol–water partition coefficient (Wildman–Crippen LogP) is 2.51. The largest absolute Gasteiger partial charge is 0.383 e. The van der Waals surface area contributed by atoms with Crippen LogP contribution in [-0.4, -0.2) is 87.4 Å². The molecule has 37 heavy (non-hydrogen) atoms. The Bertz CT molecular complexity index is 1170. The number of nitrogens with two attached hydrogens (primary N) is 1. The third kappa shape index (κ3) is 5.65. The molecule has 3 N–H and O–H groups in total. The highest BCUT2D eigenvalue weighted by molar-refractivity contribution is 6.29. The highest BCUT2D eigenvalue weighted by atomic mass is 35.5. The first-order chi connectivity index (χ1) is 17.8. The number of aryl methyl sites for hydroxylation is 1. The molecule has 2 aromatic heterocycles. The lowest BCUT2D eigenvalue weighted by Gasteiger charge is -2.47. The first-order valence-corrected chi connectivity index (χ1v) is 13.6. The van der Waals surface area contributed by atoms with E-state index in [2.05, 4.69) is 37.0 Å². The van der Waals surface area contributed by atoms with Crippen LogP contribution in [0.3, 0.4) is 0 Å². The van der Waals surface area contributed by atoms with Gasteiger partial charge in [-0.25, -0.2) is 15.0 Å². The minimum atomic E-state index is -0.138. The van der Waals surface area contributed by atoms with E-state index in [-0.39, 0.29) is 22.8 Å². The van der Waals surface area contributed by atoms with Gasteiger partial charge in [0.2, 0.25) is 0 Å². The molecule has 198 valence electrons. The van der Waals surface area contributed by atoms with E-state index in [1.165, 1.54) is 0 Å². The average Bonchev–Trinajstić information content (AvgIpc) is 3.72. The molecule has 1 saturated carbocycles. The van der Waals surface area contributed by atoms with Crippen molar-refractivity contribution in [1.82, 2.24) is 30.1 Å². The minimum Gasteiger partial charge on any atom is -0.383 e. The van der Waals surface area contributed by atoms with E-state index in [4.69, 9.17) is 17.3 Å². The molecule has 0 unspecified atom stereocenters. The lowest BCUT2D eigenvalue weighted by atomic mass is 9.97. The van der Waals surface area contributed by atoms with E-state index in [0.29, 0.717) is 42.5 Å². The number of amides is 2. The lowest BCUT2D eigenvalue weighted by Crippen LogP contribution is -2.59. The normalized spacial score (nSPS) is 21.2. The van der Waals surface area contributed by atoms with Crippen LogP contribution < -0.4 is 16.0 Å². The van der Waals surface area contributed by atoms with Crippen molar-refractivity contribution in [2.45, 2.75) is 64.1 Å². The van der Waals surface area contributed by atoms with E-state index in [1.54, 1.807) is 18.3 Å². The topological polar surface area (TPSA) is 121 Å². The molecule has 3 fully saturated rings. The number of piperidine rings is 1. The van der Waals surface area contributed by atoms with Crippen molar-refractivity contribution in [2.75, 3.05) is 43.4 Å². The summed E-state index contributed by atoms with van der Waals surface area (Å²) in [6, 6.07) is 4.37. The van der Waals surface area contributed by atoms with E-state index >= 15 is 0 Å². The molecule has 2 aliphatic heterocycles. The number of carbonyl (C=O) groups is 2. The number of rotatable bonds is 6. The molecule has 0 spiro atoms. The predicted molar refractivity (Wildman–Crippen MR) is 143 cm³/mol. The summed E-state index contributed by atoms with van der Waals surface area (Å²) >= 11 is 5.89. The van der Waals surface area contributed by atoms with Gasteiger partial charge < -0.3 is 20.9 Å². The van der Waals surface area contributed by atoms with Gasteiger partial charge in [0.05, 0.1) is 17.5 Å². The number of nitrogen functional groups attached to an aromatic ring is 1. The van der Waals surface area contributed by atoms with Crippen molar-refractivity contribution in [3.8, 4) is 0 Å². The number of piperazine rings is 1. The third-order valence-electron chi connectivity index (χ3n) is 7.71. The van der Waals surface area contributed by atoms with Crippen molar-refractivity contribution >= 4 is 35.1 Å². The molecule has 10 nitrogen and oxygen atoms in total. The lowest BCUT2D eigenvalue weighted by molar-refractivity contribution is 0.0491. The second kappa shape index (κ2) is 10.8. The summed E-state index contributed by atoms with van der Waals surface area (Å²) in [4.78, 5) is 45.3. The summed E-state index contributed by atoms with van der Waals surface area (Å²) in [5.74, 6) is 0.813. The number of pyridine rings is 1. The van der Waals surface area contributed by atoms with E-state index < -0.39 is 0 Å². The Labute approximate surface area is 222 Å². The van der Waals surface area contributed by atoms with Crippen LogP contribution in [0.2, 0.25) is 5.15 Å². The molecule has 2 aromatic rings. The molecule has 3 aliphatic rings. The monoisotopic (exact) mass is 526 g/mol. The first-order valence-electron chi connectivity index (χ1n) is 13.2. The first kappa shape index (κ1) is 25.7. The Hall–Kier alpha value is -2.98. The number of likely N-dealkylation sites (tertiary alicyclic amines) is 1. The molecule has 0 bridgehead atoms. The number of nitrogens with one attached hydrogen (secondary N) is 1. The maximum atomic E-state index is 13.0. The second-order valence-corrected chi connectivity index (χ2v) is 10.6. The van der Waals surface area contributed by atoms with Crippen LogP contribution in [0, 0.1) is 6.92 Å². The highest BCUT2D eigenvalue weighted by Crippen LogP contribution is 2.28. The fraction of sp³-hybridized carbons (Fsp3) is 0.577. The standard InChI is InChI=1S/C26H35ClN8O2/c1-3-18-15-34(24-16(2)30-21(14-29-24)25(36)31-17-4-5-17)12-13-35(18)19-8-10-33(11-9-19)26(37)20-6-7-22(27)32-23(20)28/h6-7,14,17-19H,3-5,8-13,15H2,1-2H3,(H2,28,32)(H,31,36)/t18-/m0/s1. The number of aromatic nitrogens is 3. The van der Waals surface area contributed by atoms with E-state index in [0.717, 1.165) is 63.3 Å². The molecular weight excluding hydrogens is 492 g/mol. The molecule has 11 heteroatoms. The summed E-state index contributed by atoms with van der Waals surface area (Å²) in [6.45, 7) is 8.18. The van der Waals surface area contributed by atoms with Gasteiger partial charge in [-0.3, -0.25) is 14.5 Å². The van der Waals surface area contributed by atoms with E-state index in [1.807, 2.05) is 11.8 Å². The Morgan fingerprint density at radius 2 is 1.86 bits per heavy atom. The van der Waals surface area contributed by atoms with Crippen LogP contribution in [0.1, 0.15) is 65.6 Å². The molecule has 2 saturated heterocycles. The average molecular weight is 527 g/mol. The molecule has 0 aromatic carbocycles. The van der Waals surface area contributed by atoms with Crippen molar-refractivity contribution in [2.24, 2.45) is 0 Å². The van der Waals surface area contributed by atoms with Gasteiger partial charge in [0, 0.05) is 50.8 Å². The molecule has 4 heterocycles. The van der Waals surface area contributed by atoms with Gasteiger partial charge in [0.25, 0.3) is 11.8 Å². The number of hydrogen-bond acceptors (Lipinski definition) is 8. The summed E-state index contributed by atoms with van der Waals surface area (Å²) < 4.78 is 0. The van der Waals surface area contributed by atoms with Crippen molar-refractivity contribution in [1.29, 1.82) is 0 Å². The number of carbonyl (C=O) groups excluding carboxylic acids is 2. The van der Waals surface area contributed by atoms with Gasteiger partial charge in [-0.2, -0.15) is 0 Å². The van der Waals surface area contributed by atoms with Crippen LogP contribution in [0.5, 0.6) is 0 Å². The van der Waals surface area contributed by atoms with Crippen LogP contribution >= 0.6 is 11.6 Å². The van der Waals surface area contributed by atoms with Crippen LogP contribution in [-0.2, 0) is 0 Å². The van der Waals surface area contributed by atoms with Gasteiger partial charge in [0.15, 0.2) is 0 Å². The zero-order chi connectivity index (χ0) is 26.1. The van der Waals surface area contributed by atoms with Gasteiger partial charge in [-0.15, -0.1) is 0 Å². The maximum Gasteiger partial charge on any atom is 0.271 e. The minimum absolute atomic E-state index is 0.0831. The Morgan fingerprint density at radius 1 is 1.11 bits per heavy atom. The summed E-state index contributed by atoms with van der Waals surface area (Å²) in [7, 11) is 0. The SMILES string of the molecule is CC[C@H]1CN(c2ncc(C(=O)NC3CC3)nc2C)CCN1C1CCN(C(=O)c2ccc(Cl)nc2N)CC1.